The maximum absolute atomic E-state index is 5.08. The van der Waals surface area contributed by atoms with Gasteiger partial charge in [0.15, 0.2) is 0 Å². The molecule has 0 unspecified atom stereocenters. The first-order valence-electron chi connectivity index (χ1n) is 3.34. The number of hydrogen-bond acceptors (Lipinski definition) is 2. The number of hydrogen-bond donors (Lipinski definition) is 0. The highest BCUT2D eigenvalue weighted by atomic mass is 79.9. The third kappa shape index (κ3) is 2.19. The van der Waals surface area contributed by atoms with E-state index in [0.717, 1.165) is 22.5 Å². The van der Waals surface area contributed by atoms with Crippen LogP contribution in [-0.4, -0.2) is 12.1 Å². The molecule has 0 amide bonds. The number of methoxy groups -OCH3 is 1. The Hall–Kier alpha value is -0.570. The number of alkyl halides is 1. The van der Waals surface area contributed by atoms with Gasteiger partial charge in [-0.3, -0.25) is 4.98 Å². The van der Waals surface area contributed by atoms with E-state index in [1.807, 2.05) is 19.1 Å². The Kier molecular flexibility index (Phi) is 2.88. The summed E-state index contributed by atoms with van der Waals surface area (Å²) in [7, 11) is 1.66. The van der Waals surface area contributed by atoms with E-state index in [4.69, 9.17) is 4.74 Å². The Bertz CT molecular complexity index is 228. The van der Waals surface area contributed by atoms with Crippen molar-refractivity contribution in [1.29, 1.82) is 0 Å². The third-order valence-corrected chi connectivity index (χ3v) is 1.93. The number of nitrogens with zero attached hydrogens (tertiary/aromatic N) is 1. The molecule has 0 saturated carbocycles. The van der Waals surface area contributed by atoms with Gasteiger partial charge in [0.2, 0.25) is 0 Å². The lowest BCUT2D eigenvalue weighted by Gasteiger charge is -2.02. The van der Waals surface area contributed by atoms with E-state index in [1.54, 1.807) is 7.11 Å². The fraction of sp³-hybridized carbons (Fsp3) is 0.375. The van der Waals surface area contributed by atoms with Crippen molar-refractivity contribution in [1.82, 2.24) is 4.98 Å². The van der Waals surface area contributed by atoms with Crippen LogP contribution in [0.2, 0.25) is 0 Å². The SMILES string of the molecule is COc1cc(C)nc(CBr)c1. The van der Waals surface area contributed by atoms with E-state index in [0.29, 0.717) is 0 Å². The van der Waals surface area contributed by atoms with Crippen LogP contribution in [-0.2, 0) is 5.33 Å². The predicted octanol–water partition coefficient (Wildman–Crippen LogP) is 2.29. The van der Waals surface area contributed by atoms with E-state index >= 15 is 0 Å². The van der Waals surface area contributed by atoms with Gasteiger partial charge >= 0.3 is 0 Å². The summed E-state index contributed by atoms with van der Waals surface area (Å²) in [6, 6.07) is 3.83. The Morgan fingerprint density at radius 1 is 1.55 bits per heavy atom. The first-order chi connectivity index (χ1) is 5.26. The molecular weight excluding hydrogens is 206 g/mol. The van der Waals surface area contributed by atoms with Crippen molar-refractivity contribution < 1.29 is 4.74 Å². The van der Waals surface area contributed by atoms with Gasteiger partial charge in [-0.2, -0.15) is 0 Å². The summed E-state index contributed by atoms with van der Waals surface area (Å²) >= 11 is 3.34. The number of pyridine rings is 1. The lowest BCUT2D eigenvalue weighted by Crippen LogP contribution is -1.91. The van der Waals surface area contributed by atoms with Crippen LogP contribution in [0.4, 0.5) is 0 Å². The minimum atomic E-state index is 0.769. The standard InChI is InChI=1S/C8H10BrNO/c1-6-3-8(11-2)4-7(5-9)10-6/h3-4H,5H2,1-2H3. The van der Waals surface area contributed by atoms with E-state index in [9.17, 15) is 0 Å². The molecule has 1 heterocycles. The maximum atomic E-state index is 5.08. The molecule has 0 N–H and O–H groups in total. The van der Waals surface area contributed by atoms with Crippen LogP contribution in [0.3, 0.4) is 0 Å². The lowest BCUT2D eigenvalue weighted by atomic mass is 10.3. The summed E-state index contributed by atoms with van der Waals surface area (Å²) in [5.74, 6) is 0.868. The molecule has 0 aliphatic heterocycles. The lowest BCUT2D eigenvalue weighted by molar-refractivity contribution is 0.413. The summed E-state index contributed by atoms with van der Waals surface area (Å²) in [6.07, 6.45) is 0. The van der Waals surface area contributed by atoms with E-state index in [-0.39, 0.29) is 0 Å². The van der Waals surface area contributed by atoms with Crippen molar-refractivity contribution in [2.24, 2.45) is 0 Å². The average Bonchev–Trinajstić information content (AvgIpc) is 2.03. The van der Waals surface area contributed by atoms with Gasteiger partial charge in [0, 0.05) is 23.2 Å². The van der Waals surface area contributed by atoms with E-state index < -0.39 is 0 Å². The first kappa shape index (κ1) is 8.53. The van der Waals surface area contributed by atoms with Crippen LogP contribution in [0, 0.1) is 6.92 Å². The summed E-state index contributed by atoms with van der Waals surface area (Å²) in [6.45, 7) is 1.95. The molecule has 0 aliphatic rings. The topological polar surface area (TPSA) is 22.1 Å². The average molecular weight is 216 g/mol. The Labute approximate surface area is 74.7 Å². The first-order valence-corrected chi connectivity index (χ1v) is 4.46. The Morgan fingerprint density at radius 3 is 2.82 bits per heavy atom. The second-order valence-corrected chi connectivity index (χ2v) is 2.83. The van der Waals surface area contributed by atoms with Crippen LogP contribution in [0.25, 0.3) is 0 Å². The zero-order valence-electron chi connectivity index (χ0n) is 6.60. The quantitative estimate of drug-likeness (QED) is 0.707. The highest BCUT2D eigenvalue weighted by molar-refractivity contribution is 9.08. The molecule has 60 valence electrons. The van der Waals surface area contributed by atoms with Crippen LogP contribution in [0.15, 0.2) is 12.1 Å². The van der Waals surface area contributed by atoms with Crippen molar-refractivity contribution in [2.45, 2.75) is 12.3 Å². The molecule has 0 radical (unpaired) electrons. The second kappa shape index (κ2) is 3.72. The molecular formula is C8H10BrNO. The fourth-order valence-corrected chi connectivity index (χ4v) is 1.18. The van der Waals surface area contributed by atoms with Crippen LogP contribution in [0.5, 0.6) is 5.75 Å². The monoisotopic (exact) mass is 215 g/mol. The fourth-order valence-electron chi connectivity index (χ4n) is 0.889. The molecule has 3 heteroatoms. The molecule has 0 spiro atoms. The molecule has 0 atom stereocenters. The zero-order chi connectivity index (χ0) is 8.27. The van der Waals surface area contributed by atoms with Gasteiger partial charge in [-0.25, -0.2) is 0 Å². The Morgan fingerprint density at radius 2 is 2.27 bits per heavy atom. The van der Waals surface area contributed by atoms with Gasteiger partial charge in [0.05, 0.1) is 12.8 Å². The number of ether oxygens (including phenoxy) is 1. The molecule has 0 aromatic carbocycles. The van der Waals surface area contributed by atoms with Crippen LogP contribution >= 0.6 is 15.9 Å². The molecule has 0 saturated heterocycles. The zero-order valence-corrected chi connectivity index (χ0v) is 8.18. The predicted molar refractivity (Wildman–Crippen MR) is 48.2 cm³/mol. The summed E-state index contributed by atoms with van der Waals surface area (Å²) in [5, 5.41) is 0.769. The van der Waals surface area contributed by atoms with Gasteiger partial charge in [-0.15, -0.1) is 0 Å². The van der Waals surface area contributed by atoms with Crippen molar-refractivity contribution in [3.8, 4) is 5.75 Å². The molecule has 0 fully saturated rings. The molecule has 0 aliphatic carbocycles. The van der Waals surface area contributed by atoms with Gasteiger partial charge in [-0.05, 0) is 6.92 Å². The highest BCUT2D eigenvalue weighted by Crippen LogP contribution is 2.14. The summed E-state index contributed by atoms with van der Waals surface area (Å²) in [5.41, 5.74) is 1.99. The minimum absolute atomic E-state index is 0.769. The smallest absolute Gasteiger partial charge is 0.122 e. The number of aromatic nitrogens is 1. The minimum Gasteiger partial charge on any atom is -0.497 e. The maximum Gasteiger partial charge on any atom is 0.122 e. The van der Waals surface area contributed by atoms with Crippen LogP contribution < -0.4 is 4.74 Å². The number of aryl methyl sites for hydroxylation is 1. The van der Waals surface area contributed by atoms with Gasteiger partial charge in [0.1, 0.15) is 5.75 Å². The summed E-state index contributed by atoms with van der Waals surface area (Å²) in [4.78, 5) is 4.27. The highest BCUT2D eigenvalue weighted by Gasteiger charge is 1.97. The van der Waals surface area contributed by atoms with Gasteiger partial charge in [-0.1, -0.05) is 15.9 Å². The molecule has 1 aromatic heterocycles. The van der Waals surface area contributed by atoms with Gasteiger partial charge < -0.3 is 4.74 Å². The Balaban J connectivity index is 3.02. The number of halogens is 1. The van der Waals surface area contributed by atoms with E-state index in [2.05, 4.69) is 20.9 Å². The molecule has 0 bridgehead atoms. The van der Waals surface area contributed by atoms with E-state index in [1.165, 1.54) is 0 Å². The summed E-state index contributed by atoms with van der Waals surface area (Å²) < 4.78 is 5.08. The van der Waals surface area contributed by atoms with Crippen molar-refractivity contribution in [2.75, 3.05) is 7.11 Å². The molecule has 1 aromatic rings. The van der Waals surface area contributed by atoms with Crippen molar-refractivity contribution in [3.05, 3.63) is 23.5 Å². The third-order valence-electron chi connectivity index (χ3n) is 1.35. The van der Waals surface area contributed by atoms with Crippen molar-refractivity contribution >= 4 is 15.9 Å². The second-order valence-electron chi connectivity index (χ2n) is 2.27. The molecule has 2 nitrogen and oxygen atoms in total. The largest absolute Gasteiger partial charge is 0.497 e. The molecule has 1 rings (SSSR count). The molecule has 11 heavy (non-hydrogen) atoms. The van der Waals surface area contributed by atoms with Crippen LogP contribution in [0.1, 0.15) is 11.4 Å². The van der Waals surface area contributed by atoms with Crippen molar-refractivity contribution in [3.63, 3.8) is 0 Å². The van der Waals surface area contributed by atoms with Gasteiger partial charge in [0.25, 0.3) is 0 Å². The number of rotatable bonds is 2. The normalized spacial score (nSPS) is 9.73.